The monoisotopic (exact) mass is 212 g/mol. The van der Waals surface area contributed by atoms with Crippen LogP contribution in [-0.2, 0) is 4.74 Å². The van der Waals surface area contributed by atoms with Crippen molar-refractivity contribution in [2.75, 3.05) is 26.2 Å². The summed E-state index contributed by atoms with van der Waals surface area (Å²) >= 11 is 0. The molecule has 3 heteroatoms. The molecule has 3 nitrogen and oxygen atoms in total. The smallest absolute Gasteiger partial charge is 0.0599 e. The van der Waals surface area contributed by atoms with Crippen LogP contribution in [0.25, 0.3) is 0 Å². The van der Waals surface area contributed by atoms with Gasteiger partial charge in [0.05, 0.1) is 6.10 Å². The summed E-state index contributed by atoms with van der Waals surface area (Å²) in [6.45, 7) is 6.46. The Morgan fingerprint density at radius 1 is 1.27 bits per heavy atom. The van der Waals surface area contributed by atoms with Crippen molar-refractivity contribution in [2.24, 2.45) is 11.7 Å². The molecule has 2 fully saturated rings. The SMILES string of the molecule is CC(N)CN1CCC(OCC2CC2)CC1. The van der Waals surface area contributed by atoms with Crippen molar-refractivity contribution in [2.45, 2.75) is 44.8 Å². The first kappa shape index (κ1) is 11.4. The summed E-state index contributed by atoms with van der Waals surface area (Å²) in [6.07, 6.45) is 5.70. The summed E-state index contributed by atoms with van der Waals surface area (Å²) in [7, 11) is 0. The highest BCUT2D eigenvalue weighted by Crippen LogP contribution is 2.30. The Morgan fingerprint density at radius 3 is 2.47 bits per heavy atom. The molecule has 0 bridgehead atoms. The number of ether oxygens (including phenoxy) is 1. The lowest BCUT2D eigenvalue weighted by molar-refractivity contribution is 0.00182. The van der Waals surface area contributed by atoms with Gasteiger partial charge in [0.25, 0.3) is 0 Å². The minimum Gasteiger partial charge on any atom is -0.378 e. The predicted octanol–water partition coefficient (Wildman–Crippen LogP) is 1.22. The summed E-state index contributed by atoms with van der Waals surface area (Å²) in [6, 6.07) is 0.300. The van der Waals surface area contributed by atoms with Gasteiger partial charge in [-0.25, -0.2) is 0 Å². The first-order chi connectivity index (χ1) is 7.24. The third kappa shape index (κ3) is 4.09. The van der Waals surface area contributed by atoms with Crippen molar-refractivity contribution in [3.63, 3.8) is 0 Å². The van der Waals surface area contributed by atoms with Crippen LogP contribution < -0.4 is 5.73 Å². The molecule has 88 valence electrons. The molecule has 0 aromatic heterocycles. The maximum absolute atomic E-state index is 5.90. The van der Waals surface area contributed by atoms with E-state index >= 15 is 0 Å². The average Bonchev–Trinajstić information content (AvgIpc) is 2.99. The summed E-state index contributed by atoms with van der Waals surface area (Å²) in [5.74, 6) is 0.895. The lowest BCUT2D eigenvalue weighted by Crippen LogP contribution is -2.42. The van der Waals surface area contributed by atoms with Gasteiger partial charge in [0.2, 0.25) is 0 Å². The second kappa shape index (κ2) is 5.28. The first-order valence-corrected chi connectivity index (χ1v) is 6.33. The molecule has 1 atom stereocenters. The van der Waals surface area contributed by atoms with E-state index in [2.05, 4.69) is 11.8 Å². The quantitative estimate of drug-likeness (QED) is 0.745. The van der Waals surface area contributed by atoms with Crippen molar-refractivity contribution in [1.82, 2.24) is 4.90 Å². The molecule has 2 rings (SSSR count). The zero-order valence-corrected chi connectivity index (χ0v) is 9.82. The third-order valence-corrected chi connectivity index (χ3v) is 3.35. The molecule has 2 aliphatic rings. The van der Waals surface area contributed by atoms with Gasteiger partial charge >= 0.3 is 0 Å². The van der Waals surface area contributed by atoms with E-state index in [9.17, 15) is 0 Å². The highest BCUT2D eigenvalue weighted by atomic mass is 16.5. The van der Waals surface area contributed by atoms with Crippen molar-refractivity contribution in [3.8, 4) is 0 Å². The summed E-state index contributed by atoms with van der Waals surface area (Å²) in [5.41, 5.74) is 5.79. The molecule has 15 heavy (non-hydrogen) atoms. The van der Waals surface area contributed by atoms with Crippen molar-refractivity contribution >= 4 is 0 Å². The van der Waals surface area contributed by atoms with Crippen molar-refractivity contribution in [1.29, 1.82) is 0 Å². The zero-order valence-electron chi connectivity index (χ0n) is 9.82. The number of nitrogens with two attached hydrogens (primary N) is 1. The Morgan fingerprint density at radius 2 is 1.93 bits per heavy atom. The first-order valence-electron chi connectivity index (χ1n) is 6.33. The molecule has 0 radical (unpaired) electrons. The lowest BCUT2D eigenvalue weighted by Gasteiger charge is -2.32. The van der Waals surface area contributed by atoms with Crippen molar-refractivity contribution < 1.29 is 4.74 Å². The van der Waals surface area contributed by atoms with Gasteiger partial charge in [-0.15, -0.1) is 0 Å². The molecule has 1 unspecified atom stereocenters. The Hall–Kier alpha value is -0.120. The van der Waals surface area contributed by atoms with E-state index in [1.165, 1.54) is 25.7 Å². The average molecular weight is 212 g/mol. The van der Waals surface area contributed by atoms with Crippen LogP contribution >= 0.6 is 0 Å². The fourth-order valence-electron chi connectivity index (χ4n) is 2.22. The molecule has 0 aromatic rings. The van der Waals surface area contributed by atoms with Gasteiger partial charge < -0.3 is 15.4 Å². The molecule has 1 aliphatic heterocycles. The highest BCUT2D eigenvalue weighted by molar-refractivity contribution is 4.77. The molecular formula is C12H24N2O. The van der Waals surface area contributed by atoms with Crippen LogP contribution in [-0.4, -0.2) is 43.3 Å². The van der Waals surface area contributed by atoms with Crippen LogP contribution in [0.5, 0.6) is 0 Å². The van der Waals surface area contributed by atoms with Crippen LogP contribution in [0.3, 0.4) is 0 Å². The molecule has 1 saturated carbocycles. The Bertz CT molecular complexity index is 184. The molecule has 1 aliphatic carbocycles. The van der Waals surface area contributed by atoms with E-state index < -0.39 is 0 Å². The second-order valence-electron chi connectivity index (χ2n) is 5.25. The van der Waals surface area contributed by atoms with Gasteiger partial charge in [0, 0.05) is 32.3 Å². The molecule has 2 N–H and O–H groups in total. The van der Waals surface area contributed by atoms with Gasteiger partial charge in [0.15, 0.2) is 0 Å². The van der Waals surface area contributed by atoms with Gasteiger partial charge in [0.1, 0.15) is 0 Å². The largest absolute Gasteiger partial charge is 0.378 e. The van der Waals surface area contributed by atoms with E-state index in [1.807, 2.05) is 0 Å². The third-order valence-electron chi connectivity index (χ3n) is 3.35. The number of piperidine rings is 1. The molecule has 1 heterocycles. The van der Waals surface area contributed by atoms with Gasteiger partial charge in [-0.3, -0.25) is 0 Å². The number of hydrogen-bond donors (Lipinski definition) is 1. The lowest BCUT2D eigenvalue weighted by atomic mass is 10.1. The van der Waals surface area contributed by atoms with Crippen LogP contribution in [0.15, 0.2) is 0 Å². The Labute approximate surface area is 93.0 Å². The zero-order chi connectivity index (χ0) is 10.7. The number of likely N-dealkylation sites (tertiary alicyclic amines) is 1. The van der Waals surface area contributed by atoms with Crippen molar-refractivity contribution in [3.05, 3.63) is 0 Å². The van der Waals surface area contributed by atoms with E-state index in [0.717, 1.165) is 32.2 Å². The minimum absolute atomic E-state index is 0.300. The van der Waals surface area contributed by atoms with E-state index in [4.69, 9.17) is 10.5 Å². The molecule has 0 spiro atoms. The van der Waals surface area contributed by atoms with Gasteiger partial charge in [-0.05, 0) is 38.5 Å². The standard InChI is InChI=1S/C12H24N2O/c1-10(13)8-14-6-4-12(5-7-14)15-9-11-2-3-11/h10-12H,2-9,13H2,1H3. The topological polar surface area (TPSA) is 38.5 Å². The molecule has 0 aromatic carbocycles. The summed E-state index contributed by atoms with van der Waals surface area (Å²) < 4.78 is 5.90. The van der Waals surface area contributed by atoms with Gasteiger partial charge in [-0.1, -0.05) is 0 Å². The fraction of sp³-hybridized carbons (Fsp3) is 1.00. The normalized spacial score (nSPS) is 26.8. The number of hydrogen-bond acceptors (Lipinski definition) is 3. The fourth-order valence-corrected chi connectivity index (χ4v) is 2.22. The van der Waals surface area contributed by atoms with Crippen LogP contribution in [0.1, 0.15) is 32.6 Å². The van der Waals surface area contributed by atoms with Crippen LogP contribution in [0, 0.1) is 5.92 Å². The maximum atomic E-state index is 5.90. The van der Waals surface area contributed by atoms with E-state index in [-0.39, 0.29) is 0 Å². The molecule has 1 saturated heterocycles. The summed E-state index contributed by atoms with van der Waals surface area (Å²) in [4.78, 5) is 2.46. The minimum atomic E-state index is 0.300. The number of nitrogens with zero attached hydrogens (tertiary/aromatic N) is 1. The molecule has 0 amide bonds. The second-order valence-corrected chi connectivity index (χ2v) is 5.25. The number of rotatable bonds is 5. The van der Waals surface area contributed by atoms with E-state index in [0.29, 0.717) is 12.1 Å². The van der Waals surface area contributed by atoms with Gasteiger partial charge in [-0.2, -0.15) is 0 Å². The van der Waals surface area contributed by atoms with E-state index in [1.54, 1.807) is 0 Å². The highest BCUT2D eigenvalue weighted by Gasteiger charge is 2.25. The summed E-state index contributed by atoms with van der Waals surface area (Å²) in [5, 5.41) is 0. The maximum Gasteiger partial charge on any atom is 0.0599 e. The Kier molecular flexibility index (Phi) is 4.00. The predicted molar refractivity (Wildman–Crippen MR) is 61.8 cm³/mol. The van der Waals surface area contributed by atoms with Crippen LogP contribution in [0.2, 0.25) is 0 Å². The Balaban J connectivity index is 1.58. The molecular weight excluding hydrogens is 188 g/mol. The van der Waals surface area contributed by atoms with Crippen LogP contribution in [0.4, 0.5) is 0 Å².